The van der Waals surface area contributed by atoms with Crippen molar-refractivity contribution in [2.75, 3.05) is 46.4 Å². The second-order valence-corrected chi connectivity index (χ2v) is 7.91. The average Bonchev–Trinajstić information content (AvgIpc) is 3.30. The normalized spacial score (nSPS) is 27.6. The topological polar surface area (TPSA) is 70.1 Å². The van der Waals surface area contributed by atoms with Gasteiger partial charge in [-0.05, 0) is 42.5 Å². The third-order valence-electron chi connectivity index (χ3n) is 6.35. The van der Waals surface area contributed by atoms with Crippen LogP contribution in [0.3, 0.4) is 0 Å². The number of benzene rings is 1. The Hall–Kier alpha value is -1.92. The summed E-state index contributed by atoms with van der Waals surface area (Å²) in [6, 6.07) is 5.97. The highest BCUT2D eigenvalue weighted by Gasteiger charge is 2.58. The van der Waals surface area contributed by atoms with Crippen molar-refractivity contribution in [3.05, 3.63) is 34.9 Å². The highest BCUT2D eigenvalue weighted by molar-refractivity contribution is 5.95. The molecule has 140 valence electrons. The van der Waals surface area contributed by atoms with Crippen molar-refractivity contribution in [2.45, 2.75) is 19.3 Å². The Kier molecular flexibility index (Phi) is 4.49. The molecule has 2 fully saturated rings. The number of likely N-dealkylation sites (tertiary alicyclic amines) is 2. The fourth-order valence-electron chi connectivity index (χ4n) is 4.90. The molecule has 0 spiro atoms. The Morgan fingerprint density at radius 3 is 2.77 bits per heavy atom. The molecular formula is C20H26N2O4. The molecule has 1 aromatic rings. The number of carboxylic acid groups (broad SMARTS) is 1. The molecule has 2 heterocycles. The van der Waals surface area contributed by atoms with E-state index in [1.807, 2.05) is 12.1 Å². The minimum Gasteiger partial charge on any atom is -0.481 e. The number of methoxy groups -OCH3 is 1. The van der Waals surface area contributed by atoms with Crippen molar-refractivity contribution in [2.24, 2.45) is 11.3 Å². The smallest absolute Gasteiger partial charge is 0.313 e. The summed E-state index contributed by atoms with van der Waals surface area (Å²) in [5, 5.41) is 9.92. The number of aliphatic carboxylic acids is 1. The number of fused-ring (bicyclic) bond motifs is 2. The van der Waals surface area contributed by atoms with Crippen LogP contribution in [0.5, 0.6) is 0 Å². The monoisotopic (exact) mass is 358 g/mol. The first-order chi connectivity index (χ1) is 12.5. The number of ether oxygens (including phenoxy) is 1. The van der Waals surface area contributed by atoms with Crippen LogP contribution >= 0.6 is 0 Å². The molecular weight excluding hydrogens is 332 g/mol. The summed E-state index contributed by atoms with van der Waals surface area (Å²) in [5.74, 6) is -0.833. The number of rotatable bonds is 5. The van der Waals surface area contributed by atoms with Gasteiger partial charge in [-0.3, -0.25) is 14.5 Å². The summed E-state index contributed by atoms with van der Waals surface area (Å²) in [6.07, 6.45) is 3.28. The first kappa shape index (κ1) is 17.5. The first-order valence-corrected chi connectivity index (χ1v) is 9.39. The molecule has 26 heavy (non-hydrogen) atoms. The Labute approximate surface area is 153 Å². The molecule has 0 saturated carbocycles. The van der Waals surface area contributed by atoms with Crippen LogP contribution in [0, 0.1) is 11.3 Å². The third kappa shape index (κ3) is 2.81. The maximum atomic E-state index is 13.0. The Bertz CT molecular complexity index is 735. The maximum Gasteiger partial charge on any atom is 0.313 e. The molecule has 1 N–H and O–H groups in total. The van der Waals surface area contributed by atoms with Crippen LogP contribution in [0.4, 0.5) is 0 Å². The van der Waals surface area contributed by atoms with Crippen molar-refractivity contribution >= 4 is 11.9 Å². The fraction of sp³-hybridized carbons (Fsp3) is 0.600. The van der Waals surface area contributed by atoms with Gasteiger partial charge in [0, 0.05) is 51.3 Å². The standard InChI is InChI=1S/C20H26N2O4/c1-26-8-7-21-10-17-11-22(13-20(17,12-21)19(24)25)18(23)16-6-5-14-3-2-4-15(14)9-16/h5-6,9,17H,2-4,7-8,10-13H2,1H3,(H,24,25)/t17-,20-/m1/s1. The summed E-state index contributed by atoms with van der Waals surface area (Å²) in [5.41, 5.74) is 2.46. The number of hydrogen-bond donors (Lipinski definition) is 1. The van der Waals surface area contributed by atoms with Gasteiger partial charge in [0.1, 0.15) is 5.41 Å². The van der Waals surface area contributed by atoms with E-state index in [0.29, 0.717) is 38.3 Å². The minimum absolute atomic E-state index is 0.0183. The van der Waals surface area contributed by atoms with Crippen LogP contribution in [0.2, 0.25) is 0 Å². The summed E-state index contributed by atoms with van der Waals surface area (Å²) in [4.78, 5) is 29.0. The lowest BCUT2D eigenvalue weighted by molar-refractivity contribution is -0.148. The lowest BCUT2D eigenvalue weighted by atomic mass is 9.81. The number of carbonyl (C=O) groups is 2. The van der Waals surface area contributed by atoms with Gasteiger partial charge < -0.3 is 14.7 Å². The lowest BCUT2D eigenvalue weighted by Crippen LogP contribution is -2.42. The number of amides is 1. The van der Waals surface area contributed by atoms with Gasteiger partial charge in [-0.1, -0.05) is 6.07 Å². The van der Waals surface area contributed by atoms with Gasteiger partial charge in [0.25, 0.3) is 5.91 Å². The van der Waals surface area contributed by atoms with E-state index >= 15 is 0 Å². The van der Waals surface area contributed by atoms with E-state index in [4.69, 9.17) is 4.74 Å². The van der Waals surface area contributed by atoms with Gasteiger partial charge in [0.05, 0.1) is 6.61 Å². The van der Waals surface area contributed by atoms with E-state index in [1.165, 1.54) is 11.1 Å². The van der Waals surface area contributed by atoms with Crippen LogP contribution < -0.4 is 0 Å². The highest BCUT2D eigenvalue weighted by Crippen LogP contribution is 2.43. The average molecular weight is 358 g/mol. The van der Waals surface area contributed by atoms with Crippen LogP contribution in [-0.4, -0.2) is 73.2 Å². The summed E-state index contributed by atoms with van der Waals surface area (Å²) in [6.45, 7) is 3.35. The van der Waals surface area contributed by atoms with Gasteiger partial charge in [0.2, 0.25) is 0 Å². The molecule has 6 heteroatoms. The molecule has 0 aromatic heterocycles. The molecule has 3 aliphatic rings. The van der Waals surface area contributed by atoms with Crippen LogP contribution in [0.15, 0.2) is 18.2 Å². The van der Waals surface area contributed by atoms with E-state index in [9.17, 15) is 14.7 Å². The van der Waals surface area contributed by atoms with E-state index in [0.717, 1.165) is 25.8 Å². The predicted octanol–water partition coefficient (Wildman–Crippen LogP) is 1.28. The molecule has 2 saturated heterocycles. The van der Waals surface area contributed by atoms with Gasteiger partial charge in [0.15, 0.2) is 0 Å². The fourth-order valence-corrected chi connectivity index (χ4v) is 4.90. The Morgan fingerprint density at radius 1 is 1.23 bits per heavy atom. The molecule has 4 rings (SSSR count). The van der Waals surface area contributed by atoms with Gasteiger partial charge in [-0.15, -0.1) is 0 Å². The molecule has 0 bridgehead atoms. The molecule has 2 aliphatic heterocycles. The van der Waals surface area contributed by atoms with Gasteiger partial charge in [-0.2, -0.15) is 0 Å². The summed E-state index contributed by atoms with van der Waals surface area (Å²) >= 11 is 0. The predicted molar refractivity (Wildman–Crippen MR) is 96.2 cm³/mol. The molecule has 0 unspecified atom stereocenters. The lowest BCUT2D eigenvalue weighted by Gasteiger charge is -2.25. The summed E-state index contributed by atoms with van der Waals surface area (Å²) < 4.78 is 5.12. The Morgan fingerprint density at radius 2 is 2.04 bits per heavy atom. The number of nitrogens with zero attached hydrogens (tertiary/aromatic N) is 2. The number of carbonyl (C=O) groups excluding carboxylic acids is 1. The summed E-state index contributed by atoms with van der Waals surface area (Å²) in [7, 11) is 1.65. The van der Waals surface area contributed by atoms with Crippen LogP contribution in [0.1, 0.15) is 27.9 Å². The first-order valence-electron chi connectivity index (χ1n) is 9.39. The number of aryl methyl sites for hydroxylation is 2. The molecule has 2 atom stereocenters. The van der Waals surface area contributed by atoms with E-state index < -0.39 is 11.4 Å². The van der Waals surface area contributed by atoms with Crippen molar-refractivity contribution in [3.63, 3.8) is 0 Å². The van der Waals surface area contributed by atoms with Gasteiger partial charge in [-0.25, -0.2) is 0 Å². The molecule has 1 amide bonds. The zero-order chi connectivity index (χ0) is 18.3. The van der Waals surface area contributed by atoms with Crippen molar-refractivity contribution < 1.29 is 19.4 Å². The van der Waals surface area contributed by atoms with E-state index in [-0.39, 0.29) is 11.8 Å². The van der Waals surface area contributed by atoms with Crippen LogP contribution in [0.25, 0.3) is 0 Å². The second kappa shape index (κ2) is 6.67. The van der Waals surface area contributed by atoms with Gasteiger partial charge >= 0.3 is 5.97 Å². The highest BCUT2D eigenvalue weighted by atomic mass is 16.5. The number of carboxylic acids is 1. The number of hydrogen-bond acceptors (Lipinski definition) is 4. The van der Waals surface area contributed by atoms with E-state index in [2.05, 4.69) is 11.0 Å². The molecule has 1 aromatic carbocycles. The van der Waals surface area contributed by atoms with Crippen molar-refractivity contribution in [3.8, 4) is 0 Å². The third-order valence-corrected chi connectivity index (χ3v) is 6.35. The quantitative estimate of drug-likeness (QED) is 0.859. The zero-order valence-electron chi connectivity index (χ0n) is 15.2. The maximum absolute atomic E-state index is 13.0. The molecule has 1 aliphatic carbocycles. The van der Waals surface area contributed by atoms with Crippen LogP contribution in [-0.2, 0) is 22.4 Å². The van der Waals surface area contributed by atoms with Crippen molar-refractivity contribution in [1.82, 2.24) is 9.80 Å². The van der Waals surface area contributed by atoms with Crippen molar-refractivity contribution in [1.29, 1.82) is 0 Å². The molecule has 0 radical (unpaired) electrons. The Balaban J connectivity index is 1.50. The second-order valence-electron chi connectivity index (χ2n) is 7.91. The van der Waals surface area contributed by atoms with E-state index in [1.54, 1.807) is 12.0 Å². The minimum atomic E-state index is -0.847. The zero-order valence-corrected chi connectivity index (χ0v) is 15.2. The largest absolute Gasteiger partial charge is 0.481 e. The molecule has 6 nitrogen and oxygen atoms in total. The SMILES string of the molecule is COCCN1C[C@@H]2CN(C(=O)c3ccc4c(c3)CCC4)C[C@]2(C(=O)O)C1.